The van der Waals surface area contributed by atoms with E-state index in [-0.39, 0.29) is 30.3 Å². The predicted octanol–water partition coefficient (Wildman–Crippen LogP) is 5.70. The van der Waals surface area contributed by atoms with Gasteiger partial charge in [0.15, 0.2) is 0 Å². The number of imidazole rings is 1. The van der Waals surface area contributed by atoms with Gasteiger partial charge >= 0.3 is 12.4 Å². The molecule has 0 radical (unpaired) electrons. The zero-order valence-electron chi connectivity index (χ0n) is 20.7. The molecular weight excluding hydrogens is 538 g/mol. The van der Waals surface area contributed by atoms with Crippen LogP contribution in [0.1, 0.15) is 29.8 Å². The van der Waals surface area contributed by atoms with Gasteiger partial charge < -0.3 is 15.6 Å². The van der Waals surface area contributed by atoms with Crippen LogP contribution in [-0.4, -0.2) is 50.6 Å². The number of alkyl halides is 6. The number of aromatic nitrogens is 3. The maximum absolute atomic E-state index is 14.4. The fraction of sp³-hybridized carbons (Fsp3) is 0.286. The summed E-state index contributed by atoms with van der Waals surface area (Å²) in [5.41, 5.74) is 2.14. The van der Waals surface area contributed by atoms with Gasteiger partial charge in [0.2, 0.25) is 5.41 Å². The molecule has 12 heteroatoms. The van der Waals surface area contributed by atoms with Crippen molar-refractivity contribution < 1.29 is 36.2 Å². The normalized spacial score (nSPS) is 17.3. The van der Waals surface area contributed by atoms with E-state index in [9.17, 15) is 31.4 Å². The SMILES string of the molecule is Nc1nccn2c(C3=C4CC(CO)(C4)OC3)nc(-c3ccc(C(c4ccccc4)(C(F)(F)F)C(F)(F)F)cc3)c12. The van der Waals surface area contributed by atoms with E-state index >= 15 is 0 Å². The molecule has 0 unspecified atom stereocenters. The molecule has 1 aliphatic carbocycles. The minimum atomic E-state index is -5.68. The lowest BCUT2D eigenvalue weighted by atomic mass is 9.71. The second-order valence-corrected chi connectivity index (χ2v) is 10.1. The first-order chi connectivity index (χ1) is 18.9. The Morgan fingerprint density at radius 2 is 1.55 bits per heavy atom. The minimum Gasteiger partial charge on any atom is -0.393 e. The van der Waals surface area contributed by atoms with E-state index in [2.05, 4.69) is 4.98 Å². The van der Waals surface area contributed by atoms with Crippen LogP contribution in [0.25, 0.3) is 22.3 Å². The number of anilines is 1. The van der Waals surface area contributed by atoms with Crippen molar-refractivity contribution in [3.05, 3.63) is 89.5 Å². The quantitative estimate of drug-likeness (QED) is 0.306. The Balaban J connectivity index is 1.50. The highest BCUT2D eigenvalue weighted by molar-refractivity contribution is 5.88. The van der Waals surface area contributed by atoms with Crippen molar-refractivity contribution in [2.45, 2.75) is 36.2 Å². The van der Waals surface area contributed by atoms with Gasteiger partial charge in [0.25, 0.3) is 0 Å². The average molecular weight is 560 g/mol. The molecule has 2 aliphatic heterocycles. The zero-order chi connectivity index (χ0) is 28.5. The molecule has 1 fully saturated rings. The van der Waals surface area contributed by atoms with Gasteiger partial charge in [0.1, 0.15) is 22.9 Å². The molecule has 2 aromatic heterocycles. The van der Waals surface area contributed by atoms with Gasteiger partial charge in [-0.15, -0.1) is 0 Å². The number of benzene rings is 2. The average Bonchev–Trinajstić information content (AvgIpc) is 3.29. The number of hydrogen-bond acceptors (Lipinski definition) is 5. The highest BCUT2D eigenvalue weighted by Crippen LogP contribution is 2.56. The second kappa shape index (κ2) is 8.80. The Morgan fingerprint density at radius 1 is 0.925 bits per heavy atom. The first-order valence-corrected chi connectivity index (χ1v) is 12.3. The molecule has 6 nitrogen and oxygen atoms in total. The maximum atomic E-state index is 14.4. The van der Waals surface area contributed by atoms with Crippen molar-refractivity contribution in [3.8, 4) is 11.3 Å². The standard InChI is InChI=1S/C28H22F6N4O2/c29-27(30,31)26(28(32,33)34,18-4-2-1-3-5-18)19-8-6-16(7-9-19)21-22-23(35)36-10-11-38(22)24(37-21)20-14-40-25(15-39)12-17(20)13-25/h1-11,39H,12-15H2,(H2,35,36). The third kappa shape index (κ3) is 3.66. The lowest BCUT2D eigenvalue weighted by Gasteiger charge is -2.47. The Kier molecular flexibility index (Phi) is 5.79. The van der Waals surface area contributed by atoms with Crippen LogP contribution in [0, 0.1) is 0 Å². The van der Waals surface area contributed by atoms with Crippen LogP contribution in [0.2, 0.25) is 0 Å². The van der Waals surface area contributed by atoms with E-state index in [1.54, 1.807) is 10.6 Å². The van der Waals surface area contributed by atoms with Crippen LogP contribution in [0.15, 0.2) is 72.6 Å². The highest BCUT2D eigenvalue weighted by Gasteiger charge is 2.72. The van der Waals surface area contributed by atoms with Gasteiger partial charge in [-0.2, -0.15) is 26.3 Å². The smallest absolute Gasteiger partial charge is 0.393 e. The summed E-state index contributed by atoms with van der Waals surface area (Å²) in [7, 11) is 0. The summed E-state index contributed by atoms with van der Waals surface area (Å²) >= 11 is 0. The van der Waals surface area contributed by atoms with Crippen molar-refractivity contribution in [2.75, 3.05) is 18.9 Å². The van der Waals surface area contributed by atoms with Crippen LogP contribution < -0.4 is 5.73 Å². The molecule has 1 saturated carbocycles. The molecular formula is C28H22F6N4O2. The van der Waals surface area contributed by atoms with E-state index in [1.807, 2.05) is 0 Å². The summed E-state index contributed by atoms with van der Waals surface area (Å²) in [6, 6.07) is 9.29. The predicted molar refractivity (Wildman–Crippen MR) is 134 cm³/mol. The van der Waals surface area contributed by atoms with E-state index < -0.39 is 34.5 Å². The Bertz CT molecular complexity index is 1600. The Morgan fingerprint density at radius 3 is 2.10 bits per heavy atom. The number of aliphatic hydroxyl groups is 1. The molecule has 0 saturated heterocycles. The first kappa shape index (κ1) is 26.3. The fourth-order valence-corrected chi connectivity index (χ4v) is 5.78. The molecule has 7 rings (SSSR count). The van der Waals surface area contributed by atoms with Crippen molar-refractivity contribution in [3.63, 3.8) is 0 Å². The lowest BCUT2D eigenvalue weighted by molar-refractivity contribution is -0.288. The number of hydrogen-bond donors (Lipinski definition) is 2. The molecule has 0 amide bonds. The number of ether oxygens (including phenoxy) is 1. The topological polar surface area (TPSA) is 85.7 Å². The summed E-state index contributed by atoms with van der Waals surface area (Å²) in [5, 5.41) is 9.62. The Hall–Kier alpha value is -3.90. The zero-order valence-corrected chi connectivity index (χ0v) is 20.7. The van der Waals surface area contributed by atoms with Gasteiger partial charge in [0, 0.05) is 36.4 Å². The van der Waals surface area contributed by atoms with E-state index in [0.29, 0.717) is 24.2 Å². The molecule has 2 aromatic carbocycles. The molecule has 0 atom stereocenters. The van der Waals surface area contributed by atoms with Crippen LogP contribution in [0.3, 0.4) is 0 Å². The van der Waals surface area contributed by atoms with E-state index in [1.165, 1.54) is 24.4 Å². The number of halogens is 6. The van der Waals surface area contributed by atoms with E-state index in [0.717, 1.165) is 47.5 Å². The molecule has 3 N–H and O–H groups in total. The molecule has 40 heavy (non-hydrogen) atoms. The molecule has 4 heterocycles. The Labute approximate surface area is 223 Å². The summed E-state index contributed by atoms with van der Waals surface area (Å²) < 4.78 is 94.2. The number of aliphatic hydroxyl groups excluding tert-OH is 1. The monoisotopic (exact) mass is 560 g/mol. The molecule has 4 aromatic rings. The van der Waals surface area contributed by atoms with Crippen LogP contribution >= 0.6 is 0 Å². The molecule has 208 valence electrons. The molecule has 3 aliphatic rings. The maximum Gasteiger partial charge on any atom is 0.411 e. The third-order valence-electron chi connectivity index (χ3n) is 7.81. The number of nitrogen functional groups attached to an aromatic ring is 1. The first-order valence-electron chi connectivity index (χ1n) is 12.3. The summed E-state index contributed by atoms with van der Waals surface area (Å²) in [6.07, 6.45) is -7.20. The van der Waals surface area contributed by atoms with Crippen molar-refractivity contribution in [1.82, 2.24) is 14.4 Å². The van der Waals surface area contributed by atoms with Crippen LogP contribution in [0.4, 0.5) is 32.2 Å². The van der Waals surface area contributed by atoms with Crippen molar-refractivity contribution in [1.29, 1.82) is 0 Å². The highest BCUT2D eigenvalue weighted by atomic mass is 19.4. The van der Waals surface area contributed by atoms with Gasteiger partial charge in [-0.05, 0) is 11.1 Å². The number of nitrogens with zero attached hydrogens (tertiary/aromatic N) is 3. The van der Waals surface area contributed by atoms with Gasteiger partial charge in [-0.1, -0.05) is 60.2 Å². The van der Waals surface area contributed by atoms with Gasteiger partial charge in [-0.3, -0.25) is 4.40 Å². The second-order valence-electron chi connectivity index (χ2n) is 10.1. The lowest BCUT2D eigenvalue weighted by Crippen LogP contribution is -2.54. The van der Waals surface area contributed by atoms with Gasteiger partial charge in [0.05, 0.1) is 18.8 Å². The third-order valence-corrected chi connectivity index (χ3v) is 7.81. The minimum absolute atomic E-state index is 0.0881. The molecule has 2 bridgehead atoms. The number of fused-ring (bicyclic) bond motifs is 3. The summed E-state index contributed by atoms with van der Waals surface area (Å²) in [5.74, 6) is 0.568. The number of nitrogens with two attached hydrogens (primary N) is 1. The summed E-state index contributed by atoms with van der Waals surface area (Å²) in [6.45, 7) is 0.0767. The van der Waals surface area contributed by atoms with E-state index in [4.69, 9.17) is 15.5 Å². The summed E-state index contributed by atoms with van der Waals surface area (Å²) in [4.78, 5) is 8.82. The largest absolute Gasteiger partial charge is 0.411 e. The van der Waals surface area contributed by atoms with Crippen molar-refractivity contribution >= 4 is 16.9 Å². The van der Waals surface area contributed by atoms with Crippen LogP contribution in [0.5, 0.6) is 0 Å². The van der Waals surface area contributed by atoms with Crippen molar-refractivity contribution in [2.24, 2.45) is 0 Å². The van der Waals surface area contributed by atoms with Crippen LogP contribution in [-0.2, 0) is 10.2 Å². The fourth-order valence-electron chi connectivity index (χ4n) is 5.78. The van der Waals surface area contributed by atoms with Gasteiger partial charge in [-0.25, -0.2) is 9.97 Å². The molecule has 0 spiro atoms. The number of rotatable bonds is 5.